The number of aromatic nitrogens is 3. The summed E-state index contributed by atoms with van der Waals surface area (Å²) >= 11 is 0. The maximum atomic E-state index is 13.5. The van der Waals surface area contributed by atoms with Gasteiger partial charge in [0.2, 0.25) is 0 Å². The van der Waals surface area contributed by atoms with Crippen LogP contribution in [0.3, 0.4) is 0 Å². The van der Waals surface area contributed by atoms with Crippen molar-refractivity contribution in [3.8, 4) is 5.75 Å². The number of nitrogens with zero attached hydrogens (tertiary/aromatic N) is 5. The van der Waals surface area contributed by atoms with Gasteiger partial charge in [0.15, 0.2) is 5.65 Å². The molecule has 7 heteroatoms. The number of ether oxygens (including phenoxy) is 1. The molecule has 1 aliphatic carbocycles. The van der Waals surface area contributed by atoms with E-state index >= 15 is 0 Å². The summed E-state index contributed by atoms with van der Waals surface area (Å²) in [4.78, 5) is 22.2. The predicted octanol–water partition coefficient (Wildman–Crippen LogP) is 2.85. The molecule has 2 aromatic heterocycles. The Morgan fingerprint density at radius 3 is 2.71 bits per heavy atom. The number of pyridine rings is 1. The largest absolute Gasteiger partial charge is 0.495 e. The number of para-hydroxylation sites is 2. The van der Waals surface area contributed by atoms with Gasteiger partial charge in [0, 0.05) is 32.9 Å². The lowest BCUT2D eigenvalue weighted by atomic mass is 10.1. The third kappa shape index (κ3) is 2.69. The summed E-state index contributed by atoms with van der Waals surface area (Å²) in [6.07, 6.45) is 5.93. The van der Waals surface area contributed by atoms with Crippen LogP contribution in [0, 0.1) is 5.92 Å². The van der Waals surface area contributed by atoms with Gasteiger partial charge in [-0.15, -0.1) is 0 Å². The zero-order valence-electron chi connectivity index (χ0n) is 16.1. The molecule has 0 saturated heterocycles. The molecular formula is C21H23N5O2. The van der Waals surface area contributed by atoms with E-state index in [4.69, 9.17) is 4.74 Å². The first kappa shape index (κ1) is 17.0. The van der Waals surface area contributed by atoms with E-state index in [9.17, 15) is 4.79 Å². The molecule has 28 heavy (non-hydrogen) atoms. The quantitative estimate of drug-likeness (QED) is 0.700. The fraction of sp³-hybridized carbons (Fsp3) is 0.381. The molecule has 0 spiro atoms. The Kier molecular flexibility index (Phi) is 3.96. The number of fused-ring (bicyclic) bond motifs is 2. The Balaban J connectivity index is 1.54. The van der Waals surface area contributed by atoms with Crippen molar-refractivity contribution in [1.29, 1.82) is 0 Å². The molecule has 0 atom stereocenters. The van der Waals surface area contributed by atoms with E-state index in [2.05, 4.69) is 21.0 Å². The molecule has 2 aliphatic rings. The molecule has 1 amide bonds. The van der Waals surface area contributed by atoms with Gasteiger partial charge in [-0.3, -0.25) is 9.48 Å². The first-order valence-electron chi connectivity index (χ1n) is 9.68. The highest BCUT2D eigenvalue weighted by atomic mass is 16.5. The highest BCUT2D eigenvalue weighted by molar-refractivity contribution is 6.12. The van der Waals surface area contributed by atoms with Gasteiger partial charge in [-0.25, -0.2) is 4.98 Å². The number of carbonyl (C=O) groups excluding carboxylic acids is 1. The number of methoxy groups -OCH3 is 1. The van der Waals surface area contributed by atoms with Crippen LogP contribution in [0.5, 0.6) is 5.75 Å². The third-order valence-corrected chi connectivity index (χ3v) is 5.67. The van der Waals surface area contributed by atoms with Gasteiger partial charge in [0.25, 0.3) is 5.91 Å². The van der Waals surface area contributed by atoms with Gasteiger partial charge in [0.05, 0.1) is 30.1 Å². The zero-order chi connectivity index (χ0) is 19.3. The lowest BCUT2D eigenvalue weighted by Gasteiger charge is -2.38. The van der Waals surface area contributed by atoms with Crippen LogP contribution in [-0.4, -0.2) is 47.4 Å². The molecule has 0 N–H and O–H groups in total. The molecule has 1 aliphatic heterocycles. The summed E-state index contributed by atoms with van der Waals surface area (Å²) in [5.74, 6) is 1.24. The first-order chi connectivity index (χ1) is 13.7. The van der Waals surface area contributed by atoms with Crippen LogP contribution in [-0.2, 0) is 7.05 Å². The molecule has 1 saturated carbocycles. The van der Waals surface area contributed by atoms with E-state index in [1.165, 1.54) is 12.8 Å². The lowest BCUT2D eigenvalue weighted by Crippen LogP contribution is -2.44. The smallest absolute Gasteiger partial charge is 0.263 e. The van der Waals surface area contributed by atoms with Gasteiger partial charge in [-0.05, 0) is 30.9 Å². The summed E-state index contributed by atoms with van der Waals surface area (Å²) < 4.78 is 7.28. The van der Waals surface area contributed by atoms with Crippen LogP contribution in [0.25, 0.3) is 11.0 Å². The molecular weight excluding hydrogens is 354 g/mol. The van der Waals surface area contributed by atoms with E-state index in [1.807, 2.05) is 30.1 Å². The summed E-state index contributed by atoms with van der Waals surface area (Å²) in [5.41, 5.74) is 3.24. The molecule has 1 aromatic carbocycles. The van der Waals surface area contributed by atoms with Gasteiger partial charge in [-0.2, -0.15) is 5.10 Å². The van der Waals surface area contributed by atoms with Crippen LogP contribution in [0.15, 0.2) is 36.7 Å². The van der Waals surface area contributed by atoms with E-state index < -0.39 is 0 Å². The number of anilines is 2. The van der Waals surface area contributed by atoms with Crippen molar-refractivity contribution >= 4 is 28.3 Å². The van der Waals surface area contributed by atoms with Crippen molar-refractivity contribution in [2.45, 2.75) is 12.8 Å². The normalized spacial score (nSPS) is 16.4. The second-order valence-electron chi connectivity index (χ2n) is 7.55. The number of hydrogen-bond acceptors (Lipinski definition) is 5. The lowest BCUT2D eigenvalue weighted by molar-refractivity contribution is 0.0983. The topological polar surface area (TPSA) is 63.5 Å². The van der Waals surface area contributed by atoms with E-state index in [0.717, 1.165) is 35.8 Å². The zero-order valence-corrected chi connectivity index (χ0v) is 16.1. The van der Waals surface area contributed by atoms with Crippen LogP contribution in [0.2, 0.25) is 0 Å². The van der Waals surface area contributed by atoms with Crippen molar-refractivity contribution in [3.63, 3.8) is 0 Å². The highest BCUT2D eigenvalue weighted by Crippen LogP contribution is 2.39. The maximum absolute atomic E-state index is 13.5. The molecule has 1 fully saturated rings. The number of rotatable bonds is 4. The van der Waals surface area contributed by atoms with E-state index in [0.29, 0.717) is 23.5 Å². The Morgan fingerprint density at radius 2 is 1.96 bits per heavy atom. The van der Waals surface area contributed by atoms with Gasteiger partial charge < -0.3 is 14.5 Å². The minimum Gasteiger partial charge on any atom is -0.495 e. The van der Waals surface area contributed by atoms with Gasteiger partial charge >= 0.3 is 0 Å². The van der Waals surface area contributed by atoms with Gasteiger partial charge in [-0.1, -0.05) is 12.1 Å². The van der Waals surface area contributed by atoms with E-state index in [1.54, 1.807) is 24.2 Å². The monoisotopic (exact) mass is 377 g/mol. The van der Waals surface area contributed by atoms with Crippen molar-refractivity contribution in [2.24, 2.45) is 13.0 Å². The molecule has 0 bridgehead atoms. The average molecular weight is 377 g/mol. The van der Waals surface area contributed by atoms with Gasteiger partial charge in [0.1, 0.15) is 11.3 Å². The fourth-order valence-electron chi connectivity index (χ4n) is 4.03. The summed E-state index contributed by atoms with van der Waals surface area (Å²) in [5, 5.41) is 4.99. The number of carbonyl (C=O) groups is 1. The molecule has 5 rings (SSSR count). The number of hydrogen-bond donors (Lipinski definition) is 0. The van der Waals surface area contributed by atoms with Crippen molar-refractivity contribution in [3.05, 3.63) is 42.2 Å². The van der Waals surface area contributed by atoms with Crippen LogP contribution in [0.4, 0.5) is 11.4 Å². The number of amides is 1. The molecule has 7 nitrogen and oxygen atoms in total. The van der Waals surface area contributed by atoms with Crippen molar-refractivity contribution in [2.75, 3.05) is 36.5 Å². The second kappa shape index (κ2) is 6.51. The van der Waals surface area contributed by atoms with Crippen LogP contribution >= 0.6 is 0 Å². The summed E-state index contributed by atoms with van der Waals surface area (Å²) in [7, 11) is 3.41. The average Bonchev–Trinajstić information content (AvgIpc) is 3.47. The Labute approximate surface area is 163 Å². The summed E-state index contributed by atoms with van der Waals surface area (Å²) in [6, 6.07) is 8.15. The second-order valence-corrected chi connectivity index (χ2v) is 7.55. The molecule has 3 heterocycles. The minimum absolute atomic E-state index is 0.0892. The number of benzene rings is 1. The minimum atomic E-state index is -0.0892. The molecule has 3 aromatic rings. The Bertz CT molecular complexity index is 1060. The fourth-order valence-corrected chi connectivity index (χ4v) is 4.03. The third-order valence-electron chi connectivity index (χ3n) is 5.67. The van der Waals surface area contributed by atoms with Crippen LogP contribution in [0.1, 0.15) is 23.2 Å². The molecule has 0 unspecified atom stereocenters. The van der Waals surface area contributed by atoms with E-state index in [-0.39, 0.29) is 5.91 Å². The highest BCUT2D eigenvalue weighted by Gasteiger charge is 2.32. The first-order valence-corrected chi connectivity index (χ1v) is 9.68. The Hall–Kier alpha value is -3.09. The summed E-state index contributed by atoms with van der Waals surface area (Å²) in [6.45, 7) is 2.56. The predicted molar refractivity (Wildman–Crippen MR) is 108 cm³/mol. The standard InChI is InChI=1S/C21H23N5O2/c1-24-20-15(12-23-24)19(28-2)16(11-22-20)21(27)26-10-9-25(13-14-7-8-14)17-5-3-4-6-18(17)26/h3-6,11-12,14H,7-10,13H2,1-2H3. The van der Waals surface area contributed by atoms with Crippen molar-refractivity contribution in [1.82, 2.24) is 14.8 Å². The SMILES string of the molecule is COc1c(C(=O)N2CCN(CC3CC3)c3ccccc32)cnc2c1cnn2C. The maximum Gasteiger partial charge on any atom is 0.263 e. The Morgan fingerprint density at radius 1 is 1.18 bits per heavy atom. The van der Waals surface area contributed by atoms with Crippen molar-refractivity contribution < 1.29 is 9.53 Å². The molecule has 0 radical (unpaired) electrons. The van der Waals surface area contributed by atoms with Crippen LogP contribution < -0.4 is 14.5 Å². The molecule has 144 valence electrons. The number of aryl methyl sites for hydroxylation is 1.